The Labute approximate surface area is 131 Å². The minimum absolute atomic E-state index is 0.0235. The summed E-state index contributed by atoms with van der Waals surface area (Å²) in [6.45, 7) is 0.591. The van der Waals surface area contributed by atoms with E-state index in [2.05, 4.69) is 10.6 Å². The Morgan fingerprint density at radius 3 is 2.35 bits per heavy atom. The number of rotatable bonds is 6. The second-order valence-corrected chi connectivity index (χ2v) is 5.45. The Hall–Kier alpha value is -2.26. The highest BCUT2D eigenvalue weighted by molar-refractivity contribution is 5.86. The maximum absolute atomic E-state index is 13.9. The highest BCUT2D eigenvalue weighted by Gasteiger charge is 2.43. The smallest absolute Gasteiger partial charge is 0.241 e. The van der Waals surface area contributed by atoms with Crippen LogP contribution in [-0.4, -0.2) is 38.6 Å². The zero-order chi connectivity index (χ0) is 17.2. The molecule has 23 heavy (non-hydrogen) atoms. The van der Waals surface area contributed by atoms with Crippen LogP contribution in [0.15, 0.2) is 12.1 Å². The third-order valence-corrected chi connectivity index (χ3v) is 3.93. The molecule has 1 saturated heterocycles. The lowest BCUT2D eigenvalue weighted by molar-refractivity contribution is -0.131. The summed E-state index contributed by atoms with van der Waals surface area (Å²) in [6.07, 6.45) is 0. The van der Waals surface area contributed by atoms with E-state index in [-0.39, 0.29) is 12.3 Å². The Bertz CT molecular complexity index is 611. The fourth-order valence-electron chi connectivity index (χ4n) is 2.29. The first-order chi connectivity index (χ1) is 10.8. The zero-order valence-electron chi connectivity index (χ0n) is 12.5. The maximum atomic E-state index is 13.9. The molecule has 6 N–H and O–H groups in total. The van der Waals surface area contributed by atoms with E-state index in [1.807, 2.05) is 0 Å². The average Bonchev–Trinajstić information content (AvgIpc) is 2.44. The summed E-state index contributed by atoms with van der Waals surface area (Å²) in [4.78, 5) is 23.4. The Morgan fingerprint density at radius 2 is 1.96 bits per heavy atom. The van der Waals surface area contributed by atoms with Gasteiger partial charge in [-0.25, -0.2) is 8.78 Å². The van der Waals surface area contributed by atoms with Gasteiger partial charge < -0.3 is 26.8 Å². The molecule has 2 rings (SSSR count). The van der Waals surface area contributed by atoms with Crippen LogP contribution >= 0.6 is 0 Å². The quantitative estimate of drug-likeness (QED) is 0.543. The van der Waals surface area contributed by atoms with Crippen LogP contribution in [0.1, 0.15) is 11.6 Å². The van der Waals surface area contributed by atoms with Crippen LogP contribution in [0.4, 0.5) is 8.78 Å². The van der Waals surface area contributed by atoms with E-state index < -0.39 is 40.5 Å². The largest absolute Gasteiger partial charge is 0.497 e. The summed E-state index contributed by atoms with van der Waals surface area (Å²) in [5.74, 6) is -3.36. The molecule has 1 aliphatic heterocycles. The summed E-state index contributed by atoms with van der Waals surface area (Å²) in [7, 11) is 1.26. The fraction of sp³-hybridized carbons (Fsp3) is 0.429. The molecule has 7 nitrogen and oxygen atoms in total. The van der Waals surface area contributed by atoms with Crippen LogP contribution < -0.4 is 26.8 Å². The number of ether oxygens (including phenoxy) is 1. The molecule has 0 aliphatic carbocycles. The number of carbonyl (C=O) groups is 2. The second kappa shape index (κ2) is 6.47. The van der Waals surface area contributed by atoms with Gasteiger partial charge in [0.2, 0.25) is 11.8 Å². The third kappa shape index (κ3) is 3.25. The number of hydrogen-bond donors (Lipinski definition) is 4. The lowest BCUT2D eigenvalue weighted by atomic mass is 9.81. The van der Waals surface area contributed by atoms with Gasteiger partial charge >= 0.3 is 0 Å². The molecule has 0 spiro atoms. The molecule has 9 heteroatoms. The number of nitrogens with two attached hydrogens (primary N) is 2. The first-order valence-electron chi connectivity index (χ1n) is 6.87. The molecule has 1 aromatic carbocycles. The minimum atomic E-state index is -1.56. The highest BCUT2D eigenvalue weighted by Crippen LogP contribution is 2.25. The van der Waals surface area contributed by atoms with Gasteiger partial charge in [0.05, 0.1) is 18.1 Å². The third-order valence-electron chi connectivity index (χ3n) is 3.93. The minimum Gasteiger partial charge on any atom is -0.497 e. The predicted molar refractivity (Wildman–Crippen MR) is 77.3 cm³/mol. The zero-order valence-corrected chi connectivity index (χ0v) is 12.5. The van der Waals surface area contributed by atoms with E-state index in [1.54, 1.807) is 0 Å². The van der Waals surface area contributed by atoms with E-state index in [0.29, 0.717) is 13.1 Å². The van der Waals surface area contributed by atoms with Gasteiger partial charge in [-0.1, -0.05) is 0 Å². The van der Waals surface area contributed by atoms with Crippen molar-refractivity contribution in [3.8, 4) is 5.75 Å². The molecule has 0 saturated carbocycles. The topological polar surface area (TPSA) is 119 Å². The fourth-order valence-corrected chi connectivity index (χ4v) is 2.29. The average molecular weight is 328 g/mol. The standard InChI is InChI=1S/C14H18F2N4O3/c1-23-7-2-8(15)10(9(16)3-7)11(17)12(21)20-6-14(13(18)22)4-19-5-14/h2-3,11,19H,4-6,17H2,1H3,(H2,18,22)(H,20,21). The molecule has 0 bridgehead atoms. The highest BCUT2D eigenvalue weighted by atomic mass is 19.1. The molecule has 1 unspecified atom stereocenters. The van der Waals surface area contributed by atoms with E-state index in [4.69, 9.17) is 16.2 Å². The van der Waals surface area contributed by atoms with Gasteiger partial charge in [0, 0.05) is 31.8 Å². The van der Waals surface area contributed by atoms with Gasteiger partial charge in [-0.05, 0) is 0 Å². The number of benzene rings is 1. The van der Waals surface area contributed by atoms with Gasteiger partial charge in [0.15, 0.2) is 0 Å². The Kier molecular flexibility index (Phi) is 4.81. The lowest BCUT2D eigenvalue weighted by Gasteiger charge is -2.39. The number of carbonyl (C=O) groups excluding carboxylic acids is 2. The number of primary amides is 1. The van der Waals surface area contributed by atoms with E-state index >= 15 is 0 Å². The molecule has 1 fully saturated rings. The van der Waals surface area contributed by atoms with Crippen molar-refractivity contribution >= 4 is 11.8 Å². The van der Waals surface area contributed by atoms with E-state index in [0.717, 1.165) is 12.1 Å². The molecule has 1 atom stereocenters. The van der Waals surface area contributed by atoms with Crippen molar-refractivity contribution in [2.24, 2.45) is 16.9 Å². The van der Waals surface area contributed by atoms with Gasteiger partial charge in [0.1, 0.15) is 23.4 Å². The number of amides is 2. The predicted octanol–water partition coefficient (Wildman–Crippen LogP) is -0.836. The molecule has 2 amide bonds. The van der Waals surface area contributed by atoms with Crippen molar-refractivity contribution in [2.45, 2.75) is 6.04 Å². The van der Waals surface area contributed by atoms with Gasteiger partial charge in [-0.3, -0.25) is 9.59 Å². The summed E-state index contributed by atoms with van der Waals surface area (Å²) < 4.78 is 32.6. The van der Waals surface area contributed by atoms with Crippen LogP contribution in [0.3, 0.4) is 0 Å². The van der Waals surface area contributed by atoms with E-state index in [1.165, 1.54) is 7.11 Å². The lowest BCUT2D eigenvalue weighted by Crippen LogP contribution is -2.65. The van der Waals surface area contributed by atoms with Crippen LogP contribution in [0.5, 0.6) is 5.75 Å². The molecular formula is C14H18F2N4O3. The molecular weight excluding hydrogens is 310 g/mol. The Balaban J connectivity index is 2.10. The normalized spacial score (nSPS) is 17.0. The Morgan fingerprint density at radius 1 is 1.39 bits per heavy atom. The first kappa shape index (κ1) is 17.1. The van der Waals surface area contributed by atoms with Gasteiger partial charge in [0.25, 0.3) is 0 Å². The molecule has 1 aromatic rings. The van der Waals surface area contributed by atoms with Crippen LogP contribution in [0.25, 0.3) is 0 Å². The van der Waals surface area contributed by atoms with Gasteiger partial charge in [-0.15, -0.1) is 0 Å². The van der Waals surface area contributed by atoms with Gasteiger partial charge in [-0.2, -0.15) is 0 Å². The van der Waals surface area contributed by atoms with Crippen molar-refractivity contribution in [1.82, 2.24) is 10.6 Å². The SMILES string of the molecule is COc1cc(F)c(C(N)C(=O)NCC2(C(N)=O)CNC2)c(F)c1. The number of nitrogens with one attached hydrogen (secondary N) is 2. The molecule has 0 radical (unpaired) electrons. The maximum Gasteiger partial charge on any atom is 0.241 e. The summed E-state index contributed by atoms with van der Waals surface area (Å²) >= 11 is 0. The molecule has 1 heterocycles. The van der Waals surface area contributed by atoms with Crippen molar-refractivity contribution in [3.63, 3.8) is 0 Å². The number of methoxy groups -OCH3 is 1. The molecule has 0 aromatic heterocycles. The van der Waals surface area contributed by atoms with Crippen molar-refractivity contribution in [2.75, 3.05) is 26.7 Å². The molecule has 126 valence electrons. The number of halogens is 2. The van der Waals surface area contributed by atoms with E-state index in [9.17, 15) is 18.4 Å². The summed E-state index contributed by atoms with van der Waals surface area (Å²) in [5.41, 5.74) is 9.46. The molecule has 1 aliphatic rings. The van der Waals surface area contributed by atoms with Crippen LogP contribution in [0, 0.1) is 17.0 Å². The summed E-state index contributed by atoms with van der Waals surface area (Å²) in [6, 6.07) is 0.317. The van der Waals surface area contributed by atoms with Crippen molar-refractivity contribution in [1.29, 1.82) is 0 Å². The summed E-state index contributed by atoms with van der Waals surface area (Å²) in [5, 5.41) is 5.30. The van der Waals surface area contributed by atoms with Crippen LogP contribution in [0.2, 0.25) is 0 Å². The monoisotopic (exact) mass is 328 g/mol. The first-order valence-corrected chi connectivity index (χ1v) is 6.87. The number of hydrogen-bond acceptors (Lipinski definition) is 5. The van der Waals surface area contributed by atoms with Crippen molar-refractivity contribution < 1.29 is 23.1 Å². The van der Waals surface area contributed by atoms with Crippen LogP contribution in [-0.2, 0) is 9.59 Å². The van der Waals surface area contributed by atoms with Crippen molar-refractivity contribution in [3.05, 3.63) is 29.3 Å². The second-order valence-electron chi connectivity index (χ2n) is 5.45.